The number of aromatic nitrogens is 3. The van der Waals surface area contributed by atoms with Crippen LogP contribution in [0.5, 0.6) is 0 Å². The zero-order chi connectivity index (χ0) is 20.9. The van der Waals surface area contributed by atoms with Gasteiger partial charge in [0.2, 0.25) is 11.9 Å². The third-order valence-electron chi connectivity index (χ3n) is 6.14. The fourth-order valence-electron chi connectivity index (χ4n) is 4.66. The van der Waals surface area contributed by atoms with Gasteiger partial charge in [-0.3, -0.25) is 4.79 Å². The van der Waals surface area contributed by atoms with E-state index in [-0.39, 0.29) is 5.91 Å². The topological polar surface area (TPSA) is 113 Å². The number of carbonyl (C=O) groups excluding carboxylic acids is 1. The predicted molar refractivity (Wildman–Crippen MR) is 115 cm³/mol. The van der Waals surface area contributed by atoms with Crippen LogP contribution in [0.4, 0.5) is 11.6 Å². The second-order valence-electron chi connectivity index (χ2n) is 8.21. The minimum atomic E-state index is -2.75. The first-order valence-electron chi connectivity index (χ1n) is 10.1. The maximum atomic E-state index is 12.9. The molecule has 1 saturated carbocycles. The van der Waals surface area contributed by atoms with Gasteiger partial charge in [0.25, 0.3) is 0 Å². The lowest BCUT2D eigenvalue weighted by molar-refractivity contribution is -0.133. The molecule has 0 radical (unpaired) electrons. The van der Waals surface area contributed by atoms with Gasteiger partial charge in [0.05, 0.1) is 16.3 Å². The molecule has 156 valence electrons. The van der Waals surface area contributed by atoms with E-state index in [9.17, 15) is 9.00 Å². The summed E-state index contributed by atoms with van der Waals surface area (Å²) in [7, 11) is -2.75. The Labute approximate surface area is 175 Å². The van der Waals surface area contributed by atoms with Crippen LogP contribution in [0.1, 0.15) is 37.8 Å². The van der Waals surface area contributed by atoms with E-state index < -0.39 is 15.3 Å². The summed E-state index contributed by atoms with van der Waals surface area (Å²) in [6, 6.07) is 8.96. The zero-order valence-electron chi connectivity index (χ0n) is 16.8. The maximum Gasteiger partial charge on any atom is 0.246 e. The SMILES string of the molecule is CS(=N)(=O)c1ccc(Nc2ncc3cc4n(c3n2)C2(CCCCC2)C(=O)NC4)cc1. The molecule has 1 aromatic carbocycles. The van der Waals surface area contributed by atoms with Crippen molar-refractivity contribution in [2.45, 2.75) is 49.1 Å². The highest BCUT2D eigenvalue weighted by molar-refractivity contribution is 7.91. The quantitative estimate of drug-likeness (QED) is 0.596. The van der Waals surface area contributed by atoms with Crippen LogP contribution in [0, 0.1) is 4.78 Å². The third kappa shape index (κ3) is 3.04. The van der Waals surface area contributed by atoms with Crippen LogP contribution in [-0.4, -0.2) is 30.9 Å². The van der Waals surface area contributed by atoms with Gasteiger partial charge in [0.1, 0.15) is 11.2 Å². The molecule has 2 aromatic heterocycles. The molecular formula is C21H24N6O2S. The highest BCUT2D eigenvalue weighted by Gasteiger charge is 2.45. The number of hydrogen-bond donors (Lipinski definition) is 3. The lowest BCUT2D eigenvalue weighted by Gasteiger charge is -2.41. The van der Waals surface area contributed by atoms with Crippen molar-refractivity contribution >= 4 is 38.3 Å². The van der Waals surface area contributed by atoms with E-state index in [1.807, 2.05) is 0 Å². The molecule has 9 heteroatoms. The molecule has 1 aliphatic heterocycles. The molecule has 1 aliphatic carbocycles. The van der Waals surface area contributed by atoms with Gasteiger partial charge in [0, 0.05) is 34.1 Å². The van der Waals surface area contributed by atoms with E-state index in [1.54, 1.807) is 30.5 Å². The number of hydrogen-bond acceptors (Lipinski definition) is 6. The number of benzene rings is 1. The molecule has 1 atom stereocenters. The molecule has 8 nitrogen and oxygen atoms in total. The molecule has 0 bridgehead atoms. The minimum Gasteiger partial charge on any atom is -0.348 e. The molecule has 1 spiro atoms. The summed E-state index contributed by atoms with van der Waals surface area (Å²) in [5, 5.41) is 7.18. The summed E-state index contributed by atoms with van der Waals surface area (Å²) in [5.74, 6) is 0.533. The first-order valence-corrected chi connectivity index (χ1v) is 12.1. The molecule has 2 aliphatic rings. The Balaban J connectivity index is 1.54. The Morgan fingerprint density at radius 3 is 2.63 bits per heavy atom. The Hall–Kier alpha value is -2.94. The van der Waals surface area contributed by atoms with Crippen molar-refractivity contribution in [3.05, 3.63) is 42.2 Å². The normalized spacial score (nSPS) is 19.8. The second kappa shape index (κ2) is 6.80. The van der Waals surface area contributed by atoms with Gasteiger partial charge in [-0.15, -0.1) is 0 Å². The van der Waals surface area contributed by atoms with Crippen molar-refractivity contribution in [3.8, 4) is 0 Å². The molecule has 30 heavy (non-hydrogen) atoms. The van der Waals surface area contributed by atoms with E-state index in [0.717, 1.165) is 54.5 Å². The summed E-state index contributed by atoms with van der Waals surface area (Å²) >= 11 is 0. The van der Waals surface area contributed by atoms with Crippen molar-refractivity contribution in [1.82, 2.24) is 19.9 Å². The van der Waals surface area contributed by atoms with E-state index in [2.05, 4.69) is 26.3 Å². The average molecular weight is 425 g/mol. The molecule has 3 aromatic rings. The van der Waals surface area contributed by atoms with Gasteiger partial charge in [-0.1, -0.05) is 19.3 Å². The van der Waals surface area contributed by atoms with E-state index in [1.165, 1.54) is 6.26 Å². The summed E-state index contributed by atoms with van der Waals surface area (Å²) in [5.41, 5.74) is 2.03. The Morgan fingerprint density at radius 2 is 1.93 bits per heavy atom. The minimum absolute atomic E-state index is 0.0921. The van der Waals surface area contributed by atoms with Gasteiger partial charge in [-0.05, 0) is 43.2 Å². The average Bonchev–Trinajstić information content (AvgIpc) is 3.10. The smallest absolute Gasteiger partial charge is 0.246 e. The van der Waals surface area contributed by atoms with Crippen LogP contribution in [0.25, 0.3) is 11.0 Å². The monoisotopic (exact) mass is 424 g/mol. The van der Waals surface area contributed by atoms with Gasteiger partial charge < -0.3 is 15.2 Å². The zero-order valence-corrected chi connectivity index (χ0v) is 17.6. The lowest BCUT2D eigenvalue weighted by Crippen LogP contribution is -2.54. The number of amides is 1. The summed E-state index contributed by atoms with van der Waals surface area (Å²) in [6.07, 6.45) is 8.06. The molecule has 1 unspecified atom stereocenters. The third-order valence-corrected chi connectivity index (χ3v) is 7.31. The molecule has 1 amide bonds. The Morgan fingerprint density at radius 1 is 1.20 bits per heavy atom. The first-order chi connectivity index (χ1) is 14.4. The number of nitrogens with zero attached hydrogens (tertiary/aromatic N) is 3. The van der Waals surface area contributed by atoms with Gasteiger partial charge in [-0.2, -0.15) is 4.98 Å². The van der Waals surface area contributed by atoms with Crippen LogP contribution < -0.4 is 10.6 Å². The Kier molecular flexibility index (Phi) is 4.32. The molecular weight excluding hydrogens is 400 g/mol. The highest BCUT2D eigenvalue weighted by Crippen LogP contribution is 2.41. The van der Waals surface area contributed by atoms with E-state index in [0.29, 0.717) is 17.4 Å². The first kappa shape index (κ1) is 19.0. The molecule has 3 N–H and O–H groups in total. The fourth-order valence-corrected chi connectivity index (χ4v) is 5.32. The fraction of sp³-hybridized carbons (Fsp3) is 0.381. The summed E-state index contributed by atoms with van der Waals surface area (Å²) < 4.78 is 21.7. The summed E-state index contributed by atoms with van der Waals surface area (Å²) in [4.78, 5) is 22.6. The molecule has 1 fully saturated rings. The van der Waals surface area contributed by atoms with Crippen molar-refractivity contribution < 1.29 is 9.00 Å². The van der Waals surface area contributed by atoms with Gasteiger partial charge in [0.15, 0.2) is 0 Å². The van der Waals surface area contributed by atoms with Crippen LogP contribution >= 0.6 is 0 Å². The number of anilines is 2. The van der Waals surface area contributed by atoms with Crippen LogP contribution in [0.2, 0.25) is 0 Å². The largest absolute Gasteiger partial charge is 0.348 e. The number of carbonyl (C=O) groups is 1. The highest BCUT2D eigenvalue weighted by atomic mass is 32.2. The van der Waals surface area contributed by atoms with Gasteiger partial charge in [-0.25, -0.2) is 14.0 Å². The predicted octanol–water partition coefficient (Wildman–Crippen LogP) is 3.50. The van der Waals surface area contributed by atoms with Crippen LogP contribution in [0.15, 0.2) is 41.4 Å². The van der Waals surface area contributed by atoms with E-state index in [4.69, 9.17) is 9.76 Å². The summed E-state index contributed by atoms with van der Waals surface area (Å²) in [6.45, 7) is 0.505. The second-order valence-corrected chi connectivity index (χ2v) is 10.4. The number of fused-ring (bicyclic) bond motifs is 4. The van der Waals surface area contributed by atoms with Crippen molar-refractivity contribution in [3.63, 3.8) is 0 Å². The van der Waals surface area contributed by atoms with Crippen molar-refractivity contribution in [1.29, 1.82) is 4.78 Å². The van der Waals surface area contributed by atoms with Crippen LogP contribution in [0.3, 0.4) is 0 Å². The Bertz CT molecular complexity index is 1240. The standard InChI is InChI=1S/C21H24N6O2S/c1-30(22,29)17-7-5-15(6-8-17)25-20-24-12-14-11-16-13-23-19(28)21(9-3-2-4-10-21)27(16)18(14)26-20/h5-8,11-12,22H,2-4,9-10,13H2,1H3,(H,23,28)(H,24,25,26). The molecule has 5 rings (SSSR count). The van der Waals surface area contributed by atoms with E-state index >= 15 is 0 Å². The van der Waals surface area contributed by atoms with Crippen molar-refractivity contribution in [2.75, 3.05) is 11.6 Å². The molecule has 0 saturated heterocycles. The van der Waals surface area contributed by atoms with Gasteiger partial charge >= 0.3 is 0 Å². The van der Waals surface area contributed by atoms with Crippen LogP contribution in [-0.2, 0) is 26.6 Å². The molecule has 3 heterocycles. The number of rotatable bonds is 3. The number of nitrogens with one attached hydrogen (secondary N) is 3. The lowest BCUT2D eigenvalue weighted by atomic mass is 9.79. The maximum absolute atomic E-state index is 12.9. The van der Waals surface area contributed by atoms with Crippen molar-refractivity contribution in [2.24, 2.45) is 0 Å².